The molecule has 0 unspecified atom stereocenters. The van der Waals surface area contributed by atoms with Gasteiger partial charge in [-0.3, -0.25) is 9.59 Å². The first-order chi connectivity index (χ1) is 16.6. The quantitative estimate of drug-likeness (QED) is 0.329. The summed E-state index contributed by atoms with van der Waals surface area (Å²) in [6.07, 6.45) is 10.2. The SMILES string of the molecule is NCC(=O)NC1CCC(Nc2cc(NC3CC3)c3ncc(C(=O)Nc4ccncn4)n3n2)CC1. The van der Waals surface area contributed by atoms with Crippen LogP contribution in [-0.4, -0.2) is 61.1 Å². The van der Waals surface area contributed by atoms with Gasteiger partial charge in [-0.05, 0) is 44.6 Å². The van der Waals surface area contributed by atoms with Crippen molar-refractivity contribution >= 4 is 34.8 Å². The van der Waals surface area contributed by atoms with Gasteiger partial charge in [0, 0.05) is 30.4 Å². The number of aromatic nitrogens is 5. The van der Waals surface area contributed by atoms with Crippen LogP contribution in [0.2, 0.25) is 0 Å². The number of hydrogen-bond donors (Lipinski definition) is 5. The van der Waals surface area contributed by atoms with Gasteiger partial charge in [-0.1, -0.05) is 0 Å². The summed E-state index contributed by atoms with van der Waals surface area (Å²) in [6, 6.07) is 4.35. The molecular formula is C22H28N10O2. The number of nitrogens with two attached hydrogens (primary N) is 1. The van der Waals surface area contributed by atoms with Gasteiger partial charge in [0.1, 0.15) is 18.0 Å². The predicted octanol–water partition coefficient (Wildman–Crippen LogP) is 1.14. The van der Waals surface area contributed by atoms with Crippen LogP contribution in [0.1, 0.15) is 49.0 Å². The fourth-order valence-corrected chi connectivity index (χ4v) is 4.17. The van der Waals surface area contributed by atoms with Gasteiger partial charge >= 0.3 is 0 Å². The highest BCUT2D eigenvalue weighted by atomic mass is 16.2. The minimum atomic E-state index is -0.357. The van der Waals surface area contributed by atoms with Crippen molar-refractivity contribution < 1.29 is 9.59 Å². The standard InChI is InChI=1S/C22H28N10O2/c23-10-20(33)29-15-5-3-14(4-6-15)28-19-9-16(27-13-1-2-13)21-25-11-17(32(21)31-19)22(34)30-18-7-8-24-12-26-18/h7-9,11-15,27H,1-6,10,23H2,(H,28,31)(H,29,33)(H,24,26,30,34). The summed E-state index contributed by atoms with van der Waals surface area (Å²) in [5, 5.41) is 17.4. The third-order valence-corrected chi connectivity index (χ3v) is 6.09. The molecule has 0 aromatic carbocycles. The maximum atomic E-state index is 12.9. The highest BCUT2D eigenvalue weighted by Gasteiger charge is 2.26. The molecule has 5 rings (SSSR count). The second kappa shape index (κ2) is 9.59. The number of carbonyl (C=O) groups excluding carboxylic acids is 2. The van der Waals surface area contributed by atoms with Crippen molar-refractivity contribution in [1.29, 1.82) is 0 Å². The van der Waals surface area contributed by atoms with Gasteiger partial charge in [-0.15, -0.1) is 5.10 Å². The number of amides is 2. The van der Waals surface area contributed by atoms with E-state index in [0.717, 1.165) is 44.2 Å². The molecule has 3 aromatic rings. The van der Waals surface area contributed by atoms with E-state index in [0.29, 0.717) is 29.0 Å². The molecule has 0 radical (unpaired) electrons. The zero-order valence-electron chi connectivity index (χ0n) is 18.7. The second-order valence-corrected chi connectivity index (χ2v) is 8.75. The molecule has 178 valence electrons. The lowest BCUT2D eigenvalue weighted by atomic mass is 9.91. The Balaban J connectivity index is 1.35. The Kier molecular flexibility index (Phi) is 6.21. The Labute approximate surface area is 196 Å². The first-order valence-corrected chi connectivity index (χ1v) is 11.6. The van der Waals surface area contributed by atoms with Gasteiger partial charge in [-0.2, -0.15) is 0 Å². The monoisotopic (exact) mass is 464 g/mol. The van der Waals surface area contributed by atoms with E-state index in [1.165, 1.54) is 12.5 Å². The van der Waals surface area contributed by atoms with Crippen molar-refractivity contribution in [2.75, 3.05) is 22.5 Å². The van der Waals surface area contributed by atoms with Crippen LogP contribution in [0, 0.1) is 0 Å². The van der Waals surface area contributed by atoms with Gasteiger partial charge < -0.3 is 27.0 Å². The summed E-state index contributed by atoms with van der Waals surface area (Å²) in [4.78, 5) is 36.9. The Morgan fingerprint density at radius 2 is 1.74 bits per heavy atom. The van der Waals surface area contributed by atoms with Crippen molar-refractivity contribution in [3.05, 3.63) is 36.5 Å². The van der Waals surface area contributed by atoms with Gasteiger partial charge in [-0.25, -0.2) is 19.5 Å². The smallest absolute Gasteiger partial charge is 0.277 e. The van der Waals surface area contributed by atoms with Gasteiger partial charge in [0.2, 0.25) is 5.91 Å². The van der Waals surface area contributed by atoms with Crippen LogP contribution in [0.15, 0.2) is 30.9 Å². The van der Waals surface area contributed by atoms with Crippen LogP contribution in [-0.2, 0) is 4.79 Å². The lowest BCUT2D eigenvalue weighted by Crippen LogP contribution is -2.42. The number of rotatable bonds is 8. The molecule has 6 N–H and O–H groups in total. The molecule has 0 aliphatic heterocycles. The van der Waals surface area contributed by atoms with Crippen molar-refractivity contribution in [3.8, 4) is 0 Å². The fourth-order valence-electron chi connectivity index (χ4n) is 4.17. The lowest BCUT2D eigenvalue weighted by Gasteiger charge is -2.30. The molecule has 0 spiro atoms. The Hall–Kier alpha value is -3.80. The Morgan fingerprint density at radius 3 is 2.44 bits per heavy atom. The van der Waals surface area contributed by atoms with Gasteiger partial charge in [0.05, 0.1) is 18.4 Å². The maximum absolute atomic E-state index is 12.9. The van der Waals surface area contributed by atoms with Gasteiger partial charge in [0.15, 0.2) is 11.3 Å². The molecule has 3 aromatic heterocycles. The molecule has 2 fully saturated rings. The number of imidazole rings is 1. The number of anilines is 3. The molecule has 2 aliphatic rings. The molecule has 2 aliphatic carbocycles. The summed E-state index contributed by atoms with van der Waals surface area (Å²) in [6.45, 7) is 0.0108. The number of nitrogens with zero attached hydrogens (tertiary/aromatic N) is 5. The summed E-state index contributed by atoms with van der Waals surface area (Å²) in [5.41, 5.74) is 7.15. The number of nitrogens with one attached hydrogen (secondary N) is 4. The van der Waals surface area contributed by atoms with Crippen LogP contribution < -0.4 is 27.0 Å². The van der Waals surface area contributed by atoms with E-state index in [9.17, 15) is 9.59 Å². The van der Waals surface area contributed by atoms with Crippen molar-refractivity contribution in [2.24, 2.45) is 5.73 Å². The summed E-state index contributed by atoms with van der Waals surface area (Å²) in [7, 11) is 0. The fraction of sp³-hybridized carbons (Fsp3) is 0.455. The minimum Gasteiger partial charge on any atom is -0.379 e. The van der Waals surface area contributed by atoms with Crippen LogP contribution in [0.5, 0.6) is 0 Å². The first-order valence-electron chi connectivity index (χ1n) is 11.6. The van der Waals surface area contributed by atoms with E-state index in [2.05, 4.69) is 41.3 Å². The van der Waals surface area contributed by atoms with Crippen molar-refractivity contribution in [1.82, 2.24) is 29.9 Å². The summed E-state index contributed by atoms with van der Waals surface area (Å²) >= 11 is 0. The highest BCUT2D eigenvalue weighted by Crippen LogP contribution is 2.30. The molecule has 0 atom stereocenters. The van der Waals surface area contributed by atoms with Crippen LogP contribution in [0.4, 0.5) is 17.3 Å². The van der Waals surface area contributed by atoms with E-state index in [1.54, 1.807) is 16.8 Å². The lowest BCUT2D eigenvalue weighted by molar-refractivity contribution is -0.120. The molecule has 3 heterocycles. The molecule has 34 heavy (non-hydrogen) atoms. The normalized spacial score (nSPS) is 20.0. The number of hydrogen-bond acceptors (Lipinski definition) is 9. The van der Waals surface area contributed by atoms with E-state index in [-0.39, 0.29) is 30.4 Å². The van der Waals surface area contributed by atoms with E-state index in [1.807, 2.05) is 6.07 Å². The van der Waals surface area contributed by atoms with Crippen LogP contribution >= 0.6 is 0 Å². The zero-order valence-corrected chi connectivity index (χ0v) is 18.7. The van der Waals surface area contributed by atoms with E-state index < -0.39 is 0 Å². The topological polar surface area (TPSA) is 164 Å². The molecule has 12 heteroatoms. The molecule has 12 nitrogen and oxygen atoms in total. The van der Waals surface area contributed by atoms with E-state index in [4.69, 9.17) is 5.73 Å². The van der Waals surface area contributed by atoms with Crippen LogP contribution in [0.25, 0.3) is 5.65 Å². The second-order valence-electron chi connectivity index (χ2n) is 8.75. The average Bonchev–Trinajstić information content (AvgIpc) is 3.56. The summed E-state index contributed by atoms with van der Waals surface area (Å²) in [5.74, 6) is 0.592. The average molecular weight is 465 g/mol. The van der Waals surface area contributed by atoms with Crippen molar-refractivity contribution in [3.63, 3.8) is 0 Å². The molecule has 0 bridgehead atoms. The molecular weight excluding hydrogens is 436 g/mol. The third-order valence-electron chi connectivity index (χ3n) is 6.09. The number of carbonyl (C=O) groups is 2. The minimum absolute atomic E-state index is 0.0108. The van der Waals surface area contributed by atoms with E-state index >= 15 is 0 Å². The first kappa shape index (κ1) is 22.0. The Bertz CT molecular complexity index is 1170. The molecule has 2 saturated carbocycles. The van der Waals surface area contributed by atoms with Crippen LogP contribution in [0.3, 0.4) is 0 Å². The Morgan fingerprint density at radius 1 is 1.00 bits per heavy atom. The third kappa shape index (κ3) is 5.06. The highest BCUT2D eigenvalue weighted by molar-refractivity contribution is 6.03. The predicted molar refractivity (Wildman–Crippen MR) is 126 cm³/mol. The largest absolute Gasteiger partial charge is 0.379 e. The van der Waals surface area contributed by atoms with Crippen molar-refractivity contribution in [2.45, 2.75) is 56.7 Å². The molecule has 0 saturated heterocycles. The maximum Gasteiger partial charge on any atom is 0.277 e. The van der Waals surface area contributed by atoms with Gasteiger partial charge in [0.25, 0.3) is 5.91 Å². The zero-order chi connectivity index (χ0) is 23.5. The molecule has 2 amide bonds. The number of fused-ring (bicyclic) bond motifs is 1. The summed E-state index contributed by atoms with van der Waals surface area (Å²) < 4.78 is 1.57.